The molecule has 3 aromatic rings. The summed E-state index contributed by atoms with van der Waals surface area (Å²) in [6.45, 7) is 0. The van der Waals surface area contributed by atoms with Gasteiger partial charge in [0.05, 0.1) is 10.9 Å². The predicted octanol–water partition coefficient (Wildman–Crippen LogP) is 3.72. The maximum absolute atomic E-state index is 12.4. The van der Waals surface area contributed by atoms with Gasteiger partial charge < -0.3 is 20.1 Å². The number of rotatable bonds is 3. The second-order valence-corrected chi connectivity index (χ2v) is 8.68. The van der Waals surface area contributed by atoms with Crippen molar-refractivity contribution in [3.63, 3.8) is 0 Å². The van der Waals surface area contributed by atoms with Crippen LogP contribution in [-0.2, 0) is 16.0 Å². The average molecular weight is 458 g/mol. The first-order chi connectivity index (χ1) is 14.8. The Balaban J connectivity index is 1.87. The molecule has 0 amide bonds. The number of halogens is 2. The lowest BCUT2D eigenvalue weighted by molar-refractivity contribution is -0.160. The Morgan fingerprint density at radius 3 is 2.35 bits per heavy atom. The number of carboxylic acid groups (broad SMARTS) is 1. The van der Waals surface area contributed by atoms with Crippen LogP contribution in [0.2, 0.25) is 10.0 Å². The molecule has 2 heterocycles. The van der Waals surface area contributed by atoms with Crippen molar-refractivity contribution in [3.8, 4) is 5.75 Å². The number of fused-ring (bicyclic) bond motifs is 3. The molecule has 0 bridgehead atoms. The number of aliphatic carboxylic acids is 1. The van der Waals surface area contributed by atoms with Crippen LogP contribution in [0.4, 0.5) is 0 Å². The Morgan fingerprint density at radius 2 is 1.71 bits per heavy atom. The zero-order chi connectivity index (χ0) is 22.0. The molecule has 1 aromatic heterocycles. The van der Waals surface area contributed by atoms with Crippen molar-refractivity contribution in [2.75, 3.05) is 0 Å². The first-order valence-corrected chi connectivity index (χ1v) is 10.4. The van der Waals surface area contributed by atoms with E-state index in [0.29, 0.717) is 16.1 Å². The van der Waals surface area contributed by atoms with Gasteiger partial charge in [0.1, 0.15) is 17.5 Å². The van der Waals surface area contributed by atoms with Crippen LogP contribution in [-0.4, -0.2) is 32.4 Å². The van der Waals surface area contributed by atoms with Gasteiger partial charge in [0, 0.05) is 23.2 Å². The molecule has 0 spiro atoms. The maximum Gasteiger partial charge on any atom is 0.310 e. The van der Waals surface area contributed by atoms with Crippen molar-refractivity contribution >= 4 is 29.2 Å². The first kappa shape index (κ1) is 20.3. The van der Waals surface area contributed by atoms with Gasteiger partial charge in [-0.1, -0.05) is 65.7 Å². The van der Waals surface area contributed by atoms with Crippen LogP contribution in [0, 0.1) is 5.92 Å². The standard InChI is InChI=1S/C23H17Cl2NO5/c24-14-8-6-13(7-9-14)23-18(12-4-2-1-3-5-12)17(21(28)29)20(27)22(23,30)19-16(31-23)10-15(25)11-26-19/h1-11,17-18,20,27,30H,(H,28,29). The van der Waals surface area contributed by atoms with Crippen LogP contribution in [0.1, 0.15) is 22.7 Å². The normalized spacial score (nSPS) is 31.0. The van der Waals surface area contributed by atoms with E-state index >= 15 is 0 Å². The molecule has 3 N–H and O–H groups in total. The molecule has 31 heavy (non-hydrogen) atoms. The van der Waals surface area contributed by atoms with Gasteiger partial charge in [0.2, 0.25) is 0 Å². The zero-order valence-corrected chi connectivity index (χ0v) is 17.5. The van der Waals surface area contributed by atoms with E-state index in [1.165, 1.54) is 12.3 Å². The Hall–Kier alpha value is -2.64. The number of hydrogen-bond acceptors (Lipinski definition) is 5. The molecule has 1 fully saturated rings. The Morgan fingerprint density at radius 1 is 1.03 bits per heavy atom. The fraction of sp³-hybridized carbons (Fsp3) is 0.217. The third-order valence-corrected chi connectivity index (χ3v) is 6.76. The quantitative estimate of drug-likeness (QED) is 0.554. The summed E-state index contributed by atoms with van der Waals surface area (Å²) in [6.07, 6.45) is -0.376. The summed E-state index contributed by atoms with van der Waals surface area (Å²) in [5, 5.41) is 34.2. The van der Waals surface area contributed by atoms with Crippen LogP contribution < -0.4 is 4.74 Å². The van der Waals surface area contributed by atoms with E-state index in [1.807, 2.05) is 0 Å². The summed E-state index contributed by atoms with van der Waals surface area (Å²) in [5.41, 5.74) is -2.72. The molecular weight excluding hydrogens is 441 g/mol. The van der Waals surface area contributed by atoms with Crippen LogP contribution in [0.15, 0.2) is 66.9 Å². The lowest BCUT2D eigenvalue weighted by Gasteiger charge is -2.40. The van der Waals surface area contributed by atoms with Gasteiger partial charge in [0.15, 0.2) is 11.2 Å². The average Bonchev–Trinajstić information content (AvgIpc) is 3.12. The number of aliphatic hydroxyl groups excluding tert-OH is 1. The van der Waals surface area contributed by atoms with Gasteiger partial charge in [-0.25, -0.2) is 0 Å². The zero-order valence-electron chi connectivity index (χ0n) is 15.9. The maximum atomic E-state index is 12.4. The molecular formula is C23H17Cl2NO5. The number of aliphatic hydroxyl groups is 2. The molecule has 5 unspecified atom stereocenters. The van der Waals surface area contributed by atoms with Crippen LogP contribution >= 0.6 is 23.2 Å². The van der Waals surface area contributed by atoms with E-state index in [4.69, 9.17) is 27.9 Å². The van der Waals surface area contributed by atoms with Crippen molar-refractivity contribution in [2.24, 2.45) is 5.92 Å². The molecule has 1 saturated carbocycles. The second-order valence-electron chi connectivity index (χ2n) is 7.81. The van der Waals surface area contributed by atoms with Crippen LogP contribution in [0.5, 0.6) is 5.75 Å². The van der Waals surface area contributed by atoms with Gasteiger partial charge in [0.25, 0.3) is 0 Å². The fourth-order valence-electron chi connectivity index (χ4n) is 5.10. The lowest BCUT2D eigenvalue weighted by Crippen LogP contribution is -2.52. The minimum atomic E-state index is -2.15. The summed E-state index contributed by atoms with van der Waals surface area (Å²) >= 11 is 12.2. The third kappa shape index (κ3) is 2.59. The van der Waals surface area contributed by atoms with Crippen molar-refractivity contribution in [2.45, 2.75) is 23.2 Å². The molecule has 8 heteroatoms. The predicted molar refractivity (Wildman–Crippen MR) is 113 cm³/mol. The van der Waals surface area contributed by atoms with Gasteiger partial charge in [-0.2, -0.15) is 0 Å². The van der Waals surface area contributed by atoms with E-state index in [9.17, 15) is 20.1 Å². The number of aromatic nitrogens is 1. The largest absolute Gasteiger partial charge is 0.481 e. The number of ether oxygens (including phenoxy) is 1. The number of nitrogens with zero attached hydrogens (tertiary/aromatic N) is 1. The van der Waals surface area contributed by atoms with Crippen molar-refractivity contribution < 1.29 is 24.9 Å². The van der Waals surface area contributed by atoms with Crippen molar-refractivity contribution in [3.05, 3.63) is 93.7 Å². The Labute approximate surface area is 187 Å². The molecule has 158 valence electrons. The number of carbonyl (C=O) groups is 1. The summed E-state index contributed by atoms with van der Waals surface area (Å²) < 4.78 is 6.38. The summed E-state index contributed by atoms with van der Waals surface area (Å²) in [5.74, 6) is -3.38. The molecule has 0 saturated heterocycles. The Kier molecular flexibility index (Phi) is 4.53. The van der Waals surface area contributed by atoms with E-state index < -0.39 is 35.1 Å². The third-order valence-electron chi connectivity index (χ3n) is 6.30. The monoisotopic (exact) mass is 457 g/mol. The van der Waals surface area contributed by atoms with Gasteiger partial charge >= 0.3 is 5.97 Å². The fourth-order valence-corrected chi connectivity index (χ4v) is 5.38. The molecule has 1 aliphatic carbocycles. The number of hydrogen-bond donors (Lipinski definition) is 3. The van der Waals surface area contributed by atoms with Crippen molar-refractivity contribution in [1.29, 1.82) is 0 Å². The Bertz CT molecular complexity index is 1170. The number of benzene rings is 2. The smallest absolute Gasteiger partial charge is 0.310 e. The highest BCUT2D eigenvalue weighted by molar-refractivity contribution is 6.30. The summed E-state index contributed by atoms with van der Waals surface area (Å²) in [4.78, 5) is 16.6. The van der Waals surface area contributed by atoms with E-state index in [0.717, 1.165) is 0 Å². The van der Waals surface area contributed by atoms with Crippen molar-refractivity contribution in [1.82, 2.24) is 4.98 Å². The minimum Gasteiger partial charge on any atom is -0.481 e. The number of pyridine rings is 1. The highest BCUT2D eigenvalue weighted by atomic mass is 35.5. The SMILES string of the molecule is O=C(O)C1C(O)C2(O)c3ncc(Cl)cc3OC2(c2ccc(Cl)cc2)C1c1ccccc1. The minimum absolute atomic E-state index is 0.0454. The molecule has 5 rings (SSSR count). The second kappa shape index (κ2) is 6.93. The first-order valence-electron chi connectivity index (χ1n) is 9.60. The molecule has 2 aromatic carbocycles. The van der Waals surface area contributed by atoms with E-state index in [-0.39, 0.29) is 16.5 Å². The van der Waals surface area contributed by atoms with E-state index in [2.05, 4.69) is 4.98 Å². The van der Waals surface area contributed by atoms with E-state index in [1.54, 1.807) is 54.6 Å². The molecule has 0 radical (unpaired) electrons. The molecule has 6 nitrogen and oxygen atoms in total. The highest BCUT2D eigenvalue weighted by Gasteiger charge is 2.78. The topological polar surface area (TPSA) is 99.9 Å². The van der Waals surface area contributed by atoms with Crippen LogP contribution in [0.3, 0.4) is 0 Å². The van der Waals surface area contributed by atoms with Gasteiger partial charge in [-0.05, 0) is 23.3 Å². The summed E-state index contributed by atoms with van der Waals surface area (Å²) in [6, 6.07) is 16.9. The van der Waals surface area contributed by atoms with Crippen LogP contribution in [0.25, 0.3) is 0 Å². The molecule has 1 aliphatic heterocycles. The highest BCUT2D eigenvalue weighted by Crippen LogP contribution is 2.68. The molecule has 5 atom stereocenters. The lowest BCUT2D eigenvalue weighted by atomic mass is 9.71. The van der Waals surface area contributed by atoms with Gasteiger partial charge in [-0.15, -0.1) is 0 Å². The summed E-state index contributed by atoms with van der Waals surface area (Å²) in [7, 11) is 0. The molecule has 2 aliphatic rings. The number of carboxylic acids is 1. The van der Waals surface area contributed by atoms with Gasteiger partial charge in [-0.3, -0.25) is 9.78 Å².